The van der Waals surface area contributed by atoms with Gasteiger partial charge in [-0.25, -0.2) is 0 Å². The first kappa shape index (κ1) is 21.1. The zero-order chi connectivity index (χ0) is 22.6. The molecule has 8 heteroatoms. The maximum atomic E-state index is 12.3. The zero-order valence-corrected chi connectivity index (χ0v) is 18.5. The summed E-state index contributed by atoms with van der Waals surface area (Å²) in [6, 6.07) is 16.8. The molecule has 1 amide bonds. The minimum atomic E-state index is -0.250. The number of benzene rings is 2. The van der Waals surface area contributed by atoms with E-state index in [1.54, 1.807) is 18.2 Å². The summed E-state index contributed by atoms with van der Waals surface area (Å²) in [5, 5.41) is 11.7. The molecule has 1 aromatic heterocycles. The van der Waals surface area contributed by atoms with Crippen molar-refractivity contribution in [2.75, 3.05) is 36.7 Å². The summed E-state index contributed by atoms with van der Waals surface area (Å²) >= 11 is 0. The normalized spacial score (nSPS) is 15.4. The van der Waals surface area contributed by atoms with Gasteiger partial charge in [-0.2, -0.15) is 0 Å². The van der Waals surface area contributed by atoms with Gasteiger partial charge in [0.1, 0.15) is 5.75 Å². The number of rotatable bonds is 6. The highest BCUT2D eigenvalue weighted by Gasteiger charge is 2.17. The monoisotopic (exact) mass is 446 g/mol. The molecule has 3 aromatic rings. The van der Waals surface area contributed by atoms with Crippen LogP contribution in [0.2, 0.25) is 0 Å². The average Bonchev–Trinajstić information content (AvgIpc) is 3.32. The minimum absolute atomic E-state index is 0.108. The lowest BCUT2D eigenvalue weighted by Gasteiger charge is -2.30. The van der Waals surface area contributed by atoms with Crippen molar-refractivity contribution in [1.82, 2.24) is 10.2 Å². The Morgan fingerprint density at radius 3 is 2.58 bits per heavy atom. The van der Waals surface area contributed by atoms with E-state index < -0.39 is 0 Å². The Kier molecular flexibility index (Phi) is 5.97. The van der Waals surface area contributed by atoms with Crippen LogP contribution >= 0.6 is 0 Å². The molecule has 0 aliphatic carbocycles. The van der Waals surface area contributed by atoms with Gasteiger partial charge in [0, 0.05) is 30.4 Å². The van der Waals surface area contributed by atoms with Crippen molar-refractivity contribution in [3.05, 3.63) is 54.6 Å². The summed E-state index contributed by atoms with van der Waals surface area (Å²) < 4.78 is 16.1. The summed E-state index contributed by atoms with van der Waals surface area (Å²) in [6.45, 7) is 4.45. The van der Waals surface area contributed by atoms with Gasteiger partial charge in [0.25, 0.3) is 5.91 Å². The van der Waals surface area contributed by atoms with Crippen molar-refractivity contribution in [2.45, 2.75) is 19.8 Å². The van der Waals surface area contributed by atoms with Crippen LogP contribution in [0.5, 0.6) is 17.2 Å². The number of ether oxygens (including phenoxy) is 3. The molecular weight excluding hydrogens is 420 g/mol. The molecule has 0 bridgehead atoms. The van der Waals surface area contributed by atoms with Gasteiger partial charge in [-0.15, -0.1) is 10.2 Å². The largest absolute Gasteiger partial charge is 0.484 e. The van der Waals surface area contributed by atoms with Crippen molar-refractivity contribution < 1.29 is 19.0 Å². The number of fused-ring (bicyclic) bond motifs is 1. The second-order valence-electron chi connectivity index (χ2n) is 8.38. The van der Waals surface area contributed by atoms with Gasteiger partial charge in [0.2, 0.25) is 6.79 Å². The smallest absolute Gasteiger partial charge is 0.262 e. The number of piperidine rings is 1. The number of hydrogen-bond donors (Lipinski definition) is 1. The molecule has 0 saturated carbocycles. The van der Waals surface area contributed by atoms with Gasteiger partial charge in [0.15, 0.2) is 23.9 Å². The van der Waals surface area contributed by atoms with Gasteiger partial charge in [-0.05, 0) is 55.2 Å². The fourth-order valence-corrected chi connectivity index (χ4v) is 3.92. The van der Waals surface area contributed by atoms with E-state index in [0.717, 1.165) is 36.1 Å². The molecule has 8 nitrogen and oxygen atoms in total. The predicted octanol–water partition coefficient (Wildman–Crippen LogP) is 4.13. The Morgan fingerprint density at radius 1 is 1.03 bits per heavy atom. The third-order valence-electron chi connectivity index (χ3n) is 5.94. The molecule has 5 rings (SSSR count). The van der Waals surface area contributed by atoms with E-state index in [-0.39, 0.29) is 19.3 Å². The van der Waals surface area contributed by atoms with Crippen LogP contribution in [0.1, 0.15) is 19.8 Å². The van der Waals surface area contributed by atoms with Gasteiger partial charge in [-0.3, -0.25) is 4.79 Å². The number of carbonyl (C=O) groups excluding carboxylic acids is 1. The SMILES string of the molecule is CC1CCN(c2ccc(-c3ccc(NC(=O)COc4ccc5c(c4)OCO5)cc3)nn2)CC1. The van der Waals surface area contributed by atoms with Crippen molar-refractivity contribution in [2.24, 2.45) is 5.92 Å². The predicted molar refractivity (Wildman–Crippen MR) is 125 cm³/mol. The summed E-state index contributed by atoms with van der Waals surface area (Å²) in [4.78, 5) is 14.6. The topological polar surface area (TPSA) is 85.8 Å². The lowest BCUT2D eigenvalue weighted by molar-refractivity contribution is -0.118. The second-order valence-corrected chi connectivity index (χ2v) is 8.38. The molecule has 0 spiro atoms. The molecule has 0 unspecified atom stereocenters. The van der Waals surface area contributed by atoms with Crippen LogP contribution in [0.4, 0.5) is 11.5 Å². The number of carbonyl (C=O) groups is 1. The highest BCUT2D eigenvalue weighted by Crippen LogP contribution is 2.35. The fraction of sp³-hybridized carbons (Fsp3) is 0.320. The van der Waals surface area contributed by atoms with E-state index in [2.05, 4.69) is 27.3 Å². The summed E-state index contributed by atoms with van der Waals surface area (Å²) in [5.41, 5.74) is 2.43. The maximum Gasteiger partial charge on any atom is 0.262 e. The van der Waals surface area contributed by atoms with Crippen LogP contribution in [-0.2, 0) is 4.79 Å². The van der Waals surface area contributed by atoms with Crippen LogP contribution < -0.4 is 24.4 Å². The number of aromatic nitrogens is 2. The van der Waals surface area contributed by atoms with Crippen LogP contribution in [0.15, 0.2) is 54.6 Å². The lowest BCUT2D eigenvalue weighted by atomic mass is 9.99. The highest BCUT2D eigenvalue weighted by atomic mass is 16.7. The third-order valence-corrected chi connectivity index (χ3v) is 5.94. The molecule has 170 valence electrons. The van der Waals surface area contributed by atoms with Crippen molar-refractivity contribution >= 4 is 17.4 Å². The van der Waals surface area contributed by atoms with E-state index in [1.807, 2.05) is 36.4 Å². The molecule has 1 N–H and O–H groups in total. The average molecular weight is 447 g/mol. The van der Waals surface area contributed by atoms with Crippen molar-refractivity contribution in [1.29, 1.82) is 0 Å². The van der Waals surface area contributed by atoms with E-state index >= 15 is 0 Å². The Hall–Kier alpha value is -3.81. The van der Waals surface area contributed by atoms with Crippen molar-refractivity contribution in [3.63, 3.8) is 0 Å². The van der Waals surface area contributed by atoms with Crippen LogP contribution in [0.25, 0.3) is 11.3 Å². The first-order chi connectivity index (χ1) is 16.1. The Balaban J connectivity index is 1.14. The van der Waals surface area contributed by atoms with Crippen LogP contribution in [-0.4, -0.2) is 42.6 Å². The van der Waals surface area contributed by atoms with Crippen LogP contribution in [0.3, 0.4) is 0 Å². The molecular formula is C25H26N4O4. The number of anilines is 2. The van der Waals surface area contributed by atoms with E-state index in [1.165, 1.54) is 12.8 Å². The van der Waals surface area contributed by atoms with E-state index in [0.29, 0.717) is 22.9 Å². The van der Waals surface area contributed by atoms with Gasteiger partial charge in [-0.1, -0.05) is 19.1 Å². The summed E-state index contributed by atoms with van der Waals surface area (Å²) in [7, 11) is 0. The minimum Gasteiger partial charge on any atom is -0.484 e. The zero-order valence-electron chi connectivity index (χ0n) is 18.5. The quantitative estimate of drug-likeness (QED) is 0.609. The lowest BCUT2D eigenvalue weighted by Crippen LogP contribution is -2.33. The number of hydrogen-bond acceptors (Lipinski definition) is 7. The maximum absolute atomic E-state index is 12.3. The molecule has 33 heavy (non-hydrogen) atoms. The molecule has 0 atom stereocenters. The Morgan fingerprint density at radius 2 is 1.82 bits per heavy atom. The highest BCUT2D eigenvalue weighted by molar-refractivity contribution is 5.92. The van der Waals surface area contributed by atoms with Gasteiger partial charge in [0.05, 0.1) is 5.69 Å². The Labute approximate surface area is 192 Å². The molecule has 3 heterocycles. The van der Waals surface area contributed by atoms with Gasteiger partial charge < -0.3 is 24.4 Å². The van der Waals surface area contributed by atoms with Gasteiger partial charge >= 0.3 is 0 Å². The molecule has 2 aliphatic heterocycles. The molecule has 2 aromatic carbocycles. The number of nitrogens with one attached hydrogen (secondary N) is 1. The number of nitrogens with zero attached hydrogens (tertiary/aromatic N) is 3. The van der Waals surface area contributed by atoms with E-state index in [4.69, 9.17) is 14.2 Å². The first-order valence-corrected chi connectivity index (χ1v) is 11.2. The molecule has 0 radical (unpaired) electrons. The standard InChI is InChI=1S/C25H26N4O4/c1-17-10-12-29(13-11-17)24-9-7-21(27-28-24)18-2-4-19(5-3-18)26-25(30)15-31-20-6-8-22-23(14-20)33-16-32-22/h2-9,14,17H,10-13,15-16H2,1H3,(H,26,30). The third kappa shape index (κ3) is 5.00. The molecule has 1 fully saturated rings. The summed E-state index contributed by atoms with van der Waals surface area (Å²) in [6.07, 6.45) is 2.39. The number of amides is 1. The molecule has 2 aliphatic rings. The Bertz CT molecular complexity index is 1110. The van der Waals surface area contributed by atoms with E-state index in [9.17, 15) is 4.79 Å². The van der Waals surface area contributed by atoms with Crippen LogP contribution in [0, 0.1) is 5.92 Å². The molecule has 1 saturated heterocycles. The first-order valence-electron chi connectivity index (χ1n) is 11.2. The fourth-order valence-electron chi connectivity index (χ4n) is 3.92. The second kappa shape index (κ2) is 9.36. The van der Waals surface area contributed by atoms with Crippen molar-refractivity contribution in [3.8, 4) is 28.5 Å². The summed E-state index contributed by atoms with van der Waals surface area (Å²) in [5.74, 6) is 3.29.